The van der Waals surface area contributed by atoms with Crippen LogP contribution >= 0.6 is 0 Å². The van der Waals surface area contributed by atoms with Crippen LogP contribution in [0.4, 0.5) is 4.39 Å². The first-order valence-electron chi connectivity index (χ1n) is 10.1. The minimum atomic E-state index is -1.39. The molecule has 3 aromatic carbocycles. The van der Waals surface area contributed by atoms with Crippen LogP contribution in [0.1, 0.15) is 15.9 Å². The maximum atomic E-state index is 14.4. The fourth-order valence-electron chi connectivity index (χ4n) is 4.00. The van der Waals surface area contributed by atoms with Crippen LogP contribution < -0.4 is 10.2 Å². The van der Waals surface area contributed by atoms with Gasteiger partial charge in [0.15, 0.2) is 0 Å². The molecule has 7 nitrogen and oxygen atoms in total. The molecule has 0 unspecified atom stereocenters. The van der Waals surface area contributed by atoms with E-state index in [0.717, 1.165) is 28.2 Å². The van der Waals surface area contributed by atoms with Gasteiger partial charge in [-0.25, -0.2) is 13.9 Å². The third-order valence-electron chi connectivity index (χ3n) is 5.57. The maximum absolute atomic E-state index is 14.4. The Balaban J connectivity index is 1.56. The van der Waals surface area contributed by atoms with Gasteiger partial charge in [-0.05, 0) is 42.0 Å². The summed E-state index contributed by atoms with van der Waals surface area (Å²) in [5, 5.41) is 14.6. The van der Waals surface area contributed by atoms with Gasteiger partial charge in [0, 0.05) is 12.7 Å². The minimum absolute atomic E-state index is 0.232. The molecule has 5 rings (SSSR count). The lowest BCUT2D eigenvalue weighted by Gasteiger charge is -2.13. The highest BCUT2D eigenvalue weighted by atomic mass is 19.1. The molecule has 5 aromatic rings. The van der Waals surface area contributed by atoms with Crippen molar-refractivity contribution in [2.24, 2.45) is 0 Å². The number of carboxylic acids is 1. The first-order valence-corrected chi connectivity index (χ1v) is 10.1. The summed E-state index contributed by atoms with van der Waals surface area (Å²) in [6.45, 7) is 0.254. The molecule has 2 heterocycles. The third kappa shape index (κ3) is 3.41. The number of benzene rings is 3. The minimum Gasteiger partial charge on any atom is -0.479 e. The molecule has 8 heteroatoms. The molecule has 0 aliphatic carbocycles. The van der Waals surface area contributed by atoms with Crippen molar-refractivity contribution in [3.63, 3.8) is 0 Å². The second kappa shape index (κ2) is 7.90. The summed E-state index contributed by atoms with van der Waals surface area (Å²) in [7, 11) is 1.57. The number of rotatable bonds is 5. The fraction of sp³-hybridized carbons (Fsp3) is 0.0800. The van der Waals surface area contributed by atoms with Crippen molar-refractivity contribution < 1.29 is 19.0 Å². The molecule has 0 bridgehead atoms. The standard InChI is InChI=1S/C25H18FN3O4/c1-33-24-17-5-2-3-7-20(17)29(27-24)16-11-9-15(10-12-16)13-28-14-18(25(31)32)23(30)22-19(26)6-4-8-21(22)28/h2-12,14H,13H2,1H3,(H,31,32). The number of hydrogen-bond donors (Lipinski definition) is 1. The highest BCUT2D eigenvalue weighted by molar-refractivity contribution is 5.92. The zero-order valence-corrected chi connectivity index (χ0v) is 17.5. The van der Waals surface area contributed by atoms with E-state index in [0.29, 0.717) is 11.4 Å². The number of fused-ring (bicyclic) bond motifs is 2. The van der Waals surface area contributed by atoms with Crippen molar-refractivity contribution in [2.45, 2.75) is 6.54 Å². The molecule has 0 saturated carbocycles. The number of halogens is 1. The number of ether oxygens (including phenoxy) is 1. The molecule has 0 fully saturated rings. The molecule has 2 aromatic heterocycles. The smallest absolute Gasteiger partial charge is 0.341 e. The summed E-state index contributed by atoms with van der Waals surface area (Å²) in [6.07, 6.45) is 1.26. The van der Waals surface area contributed by atoms with Gasteiger partial charge in [-0.15, -0.1) is 5.10 Å². The number of nitrogens with zero attached hydrogens (tertiary/aromatic N) is 3. The Labute approximate surface area is 186 Å². The summed E-state index contributed by atoms with van der Waals surface area (Å²) in [6, 6.07) is 19.5. The molecule has 0 amide bonds. The van der Waals surface area contributed by atoms with Gasteiger partial charge < -0.3 is 14.4 Å². The summed E-state index contributed by atoms with van der Waals surface area (Å²) >= 11 is 0. The van der Waals surface area contributed by atoms with Gasteiger partial charge >= 0.3 is 5.97 Å². The van der Waals surface area contributed by atoms with Crippen LogP contribution in [0.25, 0.3) is 27.5 Å². The van der Waals surface area contributed by atoms with E-state index in [9.17, 15) is 19.1 Å². The lowest BCUT2D eigenvalue weighted by atomic mass is 10.1. The van der Waals surface area contributed by atoms with Crippen molar-refractivity contribution in [3.05, 3.63) is 100 Å². The Morgan fingerprint density at radius 1 is 1.03 bits per heavy atom. The van der Waals surface area contributed by atoms with E-state index in [1.54, 1.807) is 22.4 Å². The number of hydrogen-bond acceptors (Lipinski definition) is 4. The van der Waals surface area contributed by atoms with E-state index in [4.69, 9.17) is 4.74 Å². The number of methoxy groups -OCH3 is 1. The van der Waals surface area contributed by atoms with Gasteiger partial charge in [-0.1, -0.05) is 30.3 Å². The van der Waals surface area contributed by atoms with Crippen molar-refractivity contribution >= 4 is 27.8 Å². The van der Waals surface area contributed by atoms with Crippen LogP contribution in [0, 0.1) is 5.82 Å². The first-order chi connectivity index (χ1) is 16.0. The van der Waals surface area contributed by atoms with Crippen LogP contribution in [0.15, 0.2) is 77.7 Å². The van der Waals surface area contributed by atoms with Crippen LogP contribution in [0.5, 0.6) is 5.88 Å². The second-order valence-electron chi connectivity index (χ2n) is 7.54. The van der Waals surface area contributed by atoms with E-state index in [-0.39, 0.29) is 11.9 Å². The Morgan fingerprint density at radius 2 is 1.76 bits per heavy atom. The van der Waals surface area contributed by atoms with E-state index < -0.39 is 22.8 Å². The highest BCUT2D eigenvalue weighted by Crippen LogP contribution is 2.27. The van der Waals surface area contributed by atoms with Crippen LogP contribution in [-0.2, 0) is 6.54 Å². The highest BCUT2D eigenvalue weighted by Gasteiger charge is 2.17. The topological polar surface area (TPSA) is 86.3 Å². The molecule has 0 radical (unpaired) electrons. The van der Waals surface area contributed by atoms with Gasteiger partial charge in [0.2, 0.25) is 11.3 Å². The van der Waals surface area contributed by atoms with Crippen molar-refractivity contribution in [1.29, 1.82) is 0 Å². The quantitative estimate of drug-likeness (QED) is 0.439. The largest absolute Gasteiger partial charge is 0.479 e. The lowest BCUT2D eigenvalue weighted by Crippen LogP contribution is -2.20. The normalized spacial score (nSPS) is 11.2. The Bertz CT molecular complexity index is 1590. The van der Waals surface area contributed by atoms with Gasteiger partial charge in [0.1, 0.15) is 11.4 Å². The van der Waals surface area contributed by atoms with Crippen LogP contribution in [0.2, 0.25) is 0 Å². The van der Waals surface area contributed by atoms with E-state index in [1.165, 1.54) is 12.3 Å². The van der Waals surface area contributed by atoms with Crippen molar-refractivity contribution in [2.75, 3.05) is 7.11 Å². The molecule has 0 aliphatic heterocycles. The average Bonchev–Trinajstić information content (AvgIpc) is 3.20. The average molecular weight is 443 g/mol. The number of carbonyl (C=O) groups is 1. The van der Waals surface area contributed by atoms with Gasteiger partial charge in [0.25, 0.3) is 0 Å². The molecule has 1 N–H and O–H groups in total. The van der Waals surface area contributed by atoms with Crippen LogP contribution in [-0.4, -0.2) is 32.5 Å². The van der Waals surface area contributed by atoms with Gasteiger partial charge in [-0.2, -0.15) is 0 Å². The Morgan fingerprint density at radius 3 is 2.48 bits per heavy atom. The monoisotopic (exact) mass is 443 g/mol. The van der Waals surface area contributed by atoms with E-state index >= 15 is 0 Å². The summed E-state index contributed by atoms with van der Waals surface area (Å²) < 4.78 is 23.1. The Hall–Kier alpha value is -4.46. The van der Waals surface area contributed by atoms with E-state index in [1.807, 2.05) is 48.5 Å². The third-order valence-corrected chi connectivity index (χ3v) is 5.57. The first kappa shape index (κ1) is 20.4. The SMILES string of the molecule is COc1nn(-c2ccc(Cn3cc(C(=O)O)c(=O)c4c(F)cccc43)cc2)c2ccccc12. The van der Waals surface area contributed by atoms with Gasteiger partial charge in [0.05, 0.1) is 34.6 Å². The van der Waals surface area contributed by atoms with Crippen LogP contribution in [0.3, 0.4) is 0 Å². The number of carboxylic acid groups (broad SMARTS) is 1. The van der Waals surface area contributed by atoms with E-state index in [2.05, 4.69) is 5.10 Å². The molecule has 0 saturated heterocycles. The number of aromatic nitrogens is 3. The predicted molar refractivity (Wildman–Crippen MR) is 122 cm³/mol. The zero-order valence-electron chi connectivity index (χ0n) is 17.5. The van der Waals surface area contributed by atoms with Crippen molar-refractivity contribution in [1.82, 2.24) is 14.3 Å². The predicted octanol–water partition coefficient (Wildman–Crippen LogP) is 4.23. The maximum Gasteiger partial charge on any atom is 0.341 e. The summed E-state index contributed by atoms with van der Waals surface area (Å²) in [5.74, 6) is -1.62. The number of aromatic carboxylic acids is 1. The van der Waals surface area contributed by atoms with Gasteiger partial charge in [-0.3, -0.25) is 4.79 Å². The van der Waals surface area contributed by atoms with Crippen molar-refractivity contribution in [3.8, 4) is 11.6 Å². The molecular weight excluding hydrogens is 425 g/mol. The molecule has 0 atom stereocenters. The number of pyridine rings is 1. The molecule has 0 aliphatic rings. The Kier molecular flexibility index (Phi) is 4.90. The number of para-hydroxylation sites is 1. The molecular formula is C25H18FN3O4. The molecule has 33 heavy (non-hydrogen) atoms. The lowest BCUT2D eigenvalue weighted by molar-refractivity contribution is 0.0695. The zero-order chi connectivity index (χ0) is 23.1. The summed E-state index contributed by atoms with van der Waals surface area (Å²) in [5.41, 5.74) is 1.58. The second-order valence-corrected chi connectivity index (χ2v) is 7.54. The molecule has 0 spiro atoms. The molecule has 164 valence electrons. The summed E-state index contributed by atoms with van der Waals surface area (Å²) in [4.78, 5) is 24.0. The fourth-order valence-corrected chi connectivity index (χ4v) is 4.00.